The first-order chi connectivity index (χ1) is 10.1. The molecular formula is C15H26N4OS. The van der Waals surface area contributed by atoms with Crippen molar-refractivity contribution < 1.29 is 4.79 Å². The Labute approximate surface area is 130 Å². The molecule has 1 amide bonds. The second kappa shape index (κ2) is 7.64. The summed E-state index contributed by atoms with van der Waals surface area (Å²) in [6.07, 6.45) is 8.78. The fraction of sp³-hybridized carbons (Fsp3) is 0.733. The number of rotatable bonds is 4. The van der Waals surface area contributed by atoms with E-state index in [1.54, 1.807) is 0 Å². The lowest BCUT2D eigenvalue weighted by Crippen LogP contribution is -2.31. The molecule has 0 aliphatic heterocycles. The zero-order valence-electron chi connectivity index (χ0n) is 12.9. The highest BCUT2D eigenvalue weighted by molar-refractivity contribution is 7.11. The van der Waals surface area contributed by atoms with Gasteiger partial charge < -0.3 is 16.4 Å². The number of hydrogen-bond donors (Lipinski definition) is 3. The molecule has 1 aromatic heterocycles. The minimum atomic E-state index is -0.135. The van der Waals surface area contributed by atoms with Gasteiger partial charge in [-0.3, -0.25) is 4.79 Å². The van der Waals surface area contributed by atoms with Crippen LogP contribution in [0.25, 0.3) is 0 Å². The fourth-order valence-corrected chi connectivity index (χ4v) is 3.53. The number of aromatic nitrogens is 1. The predicted octanol–water partition coefficient (Wildman–Crippen LogP) is 3.39. The molecular weight excluding hydrogens is 284 g/mol. The molecule has 1 aromatic rings. The van der Waals surface area contributed by atoms with Crippen LogP contribution < -0.4 is 16.4 Å². The Bertz CT molecular complexity index is 464. The van der Waals surface area contributed by atoms with Crippen molar-refractivity contribution in [3.8, 4) is 0 Å². The summed E-state index contributed by atoms with van der Waals surface area (Å²) >= 11 is 1.29. The molecule has 4 N–H and O–H groups in total. The molecule has 118 valence electrons. The van der Waals surface area contributed by atoms with Crippen molar-refractivity contribution in [2.45, 2.75) is 70.9 Å². The highest BCUT2D eigenvalue weighted by Crippen LogP contribution is 2.29. The van der Waals surface area contributed by atoms with Gasteiger partial charge in [0.2, 0.25) is 0 Å². The summed E-state index contributed by atoms with van der Waals surface area (Å²) in [7, 11) is 0. The van der Waals surface area contributed by atoms with Crippen LogP contribution >= 0.6 is 11.5 Å². The zero-order valence-corrected chi connectivity index (χ0v) is 13.8. The molecule has 0 spiro atoms. The first-order valence-electron chi connectivity index (χ1n) is 7.90. The molecule has 6 heteroatoms. The van der Waals surface area contributed by atoms with Gasteiger partial charge in [-0.05, 0) is 38.2 Å². The Balaban J connectivity index is 2.07. The Morgan fingerprint density at radius 2 is 1.86 bits per heavy atom. The van der Waals surface area contributed by atoms with Crippen LogP contribution in [0.15, 0.2) is 0 Å². The number of nitrogen functional groups attached to an aromatic ring is 1. The molecule has 0 saturated heterocycles. The fourth-order valence-electron chi connectivity index (χ4n) is 2.74. The van der Waals surface area contributed by atoms with E-state index in [1.807, 2.05) is 13.8 Å². The van der Waals surface area contributed by atoms with Crippen LogP contribution in [0.4, 0.5) is 10.8 Å². The van der Waals surface area contributed by atoms with Crippen molar-refractivity contribution in [2.75, 3.05) is 11.1 Å². The van der Waals surface area contributed by atoms with Crippen molar-refractivity contribution in [1.29, 1.82) is 0 Å². The van der Waals surface area contributed by atoms with Gasteiger partial charge in [0.25, 0.3) is 5.91 Å². The topological polar surface area (TPSA) is 80.0 Å². The second-order valence-electron chi connectivity index (χ2n) is 6.09. The van der Waals surface area contributed by atoms with E-state index < -0.39 is 0 Å². The maximum Gasteiger partial charge on any atom is 0.258 e. The van der Waals surface area contributed by atoms with Gasteiger partial charge in [0.1, 0.15) is 10.6 Å². The summed E-state index contributed by atoms with van der Waals surface area (Å²) in [5, 5.41) is 7.22. The third-order valence-electron chi connectivity index (χ3n) is 3.81. The van der Waals surface area contributed by atoms with Crippen LogP contribution in [0.3, 0.4) is 0 Å². The standard InChI is InChI=1S/C15H26N4OS/c1-10(2)17-14(20)12-13(16)19-21-15(12)18-11-8-6-4-3-5-7-9-11/h10-11,18H,3-9H2,1-2H3,(H2,16,19)(H,17,20). The normalized spacial score (nSPS) is 17.3. The predicted molar refractivity (Wildman–Crippen MR) is 88.9 cm³/mol. The largest absolute Gasteiger partial charge is 0.382 e. The number of nitrogens with two attached hydrogens (primary N) is 1. The second-order valence-corrected chi connectivity index (χ2v) is 6.86. The molecule has 1 aliphatic rings. The summed E-state index contributed by atoms with van der Waals surface area (Å²) in [5.74, 6) is 0.191. The molecule has 0 unspecified atom stereocenters. The average molecular weight is 310 g/mol. The monoisotopic (exact) mass is 310 g/mol. The Morgan fingerprint density at radius 3 is 2.48 bits per heavy atom. The van der Waals surface area contributed by atoms with E-state index in [9.17, 15) is 4.79 Å². The Morgan fingerprint density at radius 1 is 1.24 bits per heavy atom. The van der Waals surface area contributed by atoms with Gasteiger partial charge in [-0.15, -0.1) is 0 Å². The van der Waals surface area contributed by atoms with Crippen LogP contribution in [0.1, 0.15) is 69.2 Å². The van der Waals surface area contributed by atoms with Crippen molar-refractivity contribution in [2.24, 2.45) is 0 Å². The number of nitrogens with one attached hydrogen (secondary N) is 2. The van der Waals surface area contributed by atoms with Gasteiger partial charge >= 0.3 is 0 Å². The molecule has 21 heavy (non-hydrogen) atoms. The van der Waals surface area contributed by atoms with Crippen LogP contribution in [0, 0.1) is 0 Å². The minimum Gasteiger partial charge on any atom is -0.382 e. The number of amides is 1. The lowest BCUT2D eigenvalue weighted by molar-refractivity contribution is 0.0945. The van der Waals surface area contributed by atoms with Crippen LogP contribution in [-0.4, -0.2) is 22.4 Å². The molecule has 1 saturated carbocycles. The van der Waals surface area contributed by atoms with Gasteiger partial charge in [0, 0.05) is 12.1 Å². The van der Waals surface area contributed by atoms with Crippen molar-refractivity contribution in [3.05, 3.63) is 5.56 Å². The summed E-state index contributed by atoms with van der Waals surface area (Å²) in [6, 6.07) is 0.516. The van der Waals surface area contributed by atoms with Gasteiger partial charge in [0.15, 0.2) is 5.82 Å². The van der Waals surface area contributed by atoms with Gasteiger partial charge in [-0.2, -0.15) is 4.37 Å². The summed E-state index contributed by atoms with van der Waals surface area (Å²) in [4.78, 5) is 12.3. The number of hydrogen-bond acceptors (Lipinski definition) is 5. The average Bonchev–Trinajstić information content (AvgIpc) is 2.72. The van der Waals surface area contributed by atoms with Crippen molar-refractivity contribution in [1.82, 2.24) is 9.69 Å². The lowest BCUT2D eigenvalue weighted by Gasteiger charge is -2.21. The molecule has 0 atom stereocenters. The highest BCUT2D eigenvalue weighted by atomic mass is 32.1. The first-order valence-corrected chi connectivity index (χ1v) is 8.68. The number of carbonyl (C=O) groups excluding carboxylic acids is 1. The smallest absolute Gasteiger partial charge is 0.258 e. The molecule has 0 aromatic carbocycles. The molecule has 1 fully saturated rings. The van der Waals surface area contributed by atoms with Crippen molar-refractivity contribution >= 4 is 28.3 Å². The van der Waals surface area contributed by atoms with Crippen LogP contribution in [-0.2, 0) is 0 Å². The van der Waals surface area contributed by atoms with Gasteiger partial charge in [0.05, 0.1) is 0 Å². The Hall–Kier alpha value is -1.30. The summed E-state index contributed by atoms with van der Waals surface area (Å²) in [5.41, 5.74) is 6.39. The van der Waals surface area contributed by atoms with Gasteiger partial charge in [-0.1, -0.05) is 32.1 Å². The molecule has 1 aliphatic carbocycles. The lowest BCUT2D eigenvalue weighted by atomic mass is 9.97. The molecule has 2 rings (SSSR count). The molecule has 0 bridgehead atoms. The number of nitrogens with zero attached hydrogens (tertiary/aromatic N) is 1. The maximum atomic E-state index is 12.3. The van der Waals surface area contributed by atoms with E-state index >= 15 is 0 Å². The minimum absolute atomic E-state index is 0.0889. The molecule has 5 nitrogen and oxygen atoms in total. The van der Waals surface area contributed by atoms with Crippen LogP contribution in [0.5, 0.6) is 0 Å². The van der Waals surface area contributed by atoms with E-state index in [-0.39, 0.29) is 11.9 Å². The summed E-state index contributed by atoms with van der Waals surface area (Å²) < 4.78 is 4.15. The SMILES string of the molecule is CC(C)NC(=O)c1c(N)nsc1NC1CCCCCCC1. The zero-order chi connectivity index (χ0) is 15.2. The number of anilines is 2. The molecule has 1 heterocycles. The van der Waals surface area contributed by atoms with Crippen LogP contribution in [0.2, 0.25) is 0 Å². The maximum absolute atomic E-state index is 12.3. The van der Waals surface area contributed by atoms with Gasteiger partial charge in [-0.25, -0.2) is 0 Å². The summed E-state index contributed by atoms with van der Waals surface area (Å²) in [6.45, 7) is 3.88. The quantitative estimate of drug-likeness (QED) is 0.796. The van der Waals surface area contributed by atoms with E-state index in [2.05, 4.69) is 15.0 Å². The third kappa shape index (κ3) is 4.59. The first kappa shape index (κ1) is 16.1. The number of carbonyl (C=O) groups is 1. The Kier molecular flexibility index (Phi) is 5.85. The van der Waals surface area contributed by atoms with E-state index in [0.717, 1.165) is 17.8 Å². The van der Waals surface area contributed by atoms with E-state index in [0.29, 0.717) is 17.4 Å². The highest BCUT2D eigenvalue weighted by Gasteiger charge is 2.22. The van der Waals surface area contributed by atoms with E-state index in [4.69, 9.17) is 5.73 Å². The third-order valence-corrected chi connectivity index (χ3v) is 4.60. The van der Waals surface area contributed by atoms with Crippen molar-refractivity contribution in [3.63, 3.8) is 0 Å². The van der Waals surface area contributed by atoms with E-state index in [1.165, 1.54) is 43.6 Å². The molecule has 0 radical (unpaired) electrons.